The topological polar surface area (TPSA) is 77.4 Å². The standard InChI is InChI=1S/C18H30O6/c1-5-9-21-13-15(19)17(20)18(24-12-8-4)16(23-11-7-3)14-22-10-6-2/h5-8,15-20H,1-4,9-14H2. The van der Waals surface area contributed by atoms with Crippen LogP contribution in [0.5, 0.6) is 0 Å². The van der Waals surface area contributed by atoms with Gasteiger partial charge in [-0.1, -0.05) is 24.3 Å². The molecular weight excluding hydrogens is 312 g/mol. The summed E-state index contributed by atoms with van der Waals surface area (Å²) in [5, 5.41) is 20.5. The minimum Gasteiger partial charge on any atom is -0.388 e. The van der Waals surface area contributed by atoms with Crippen LogP contribution in [-0.4, -0.2) is 74.3 Å². The van der Waals surface area contributed by atoms with Crippen LogP contribution in [0, 0.1) is 0 Å². The van der Waals surface area contributed by atoms with E-state index in [0.717, 1.165) is 0 Å². The van der Waals surface area contributed by atoms with Gasteiger partial charge in [0.1, 0.15) is 24.4 Å². The van der Waals surface area contributed by atoms with Crippen molar-refractivity contribution >= 4 is 0 Å². The number of hydrogen-bond acceptors (Lipinski definition) is 6. The molecule has 0 radical (unpaired) electrons. The predicted molar refractivity (Wildman–Crippen MR) is 93.9 cm³/mol. The lowest BCUT2D eigenvalue weighted by atomic mass is 10.0. The molecule has 0 heterocycles. The lowest BCUT2D eigenvalue weighted by molar-refractivity contribution is -0.162. The van der Waals surface area contributed by atoms with E-state index in [2.05, 4.69) is 26.3 Å². The van der Waals surface area contributed by atoms with E-state index in [-0.39, 0.29) is 33.0 Å². The highest BCUT2D eigenvalue weighted by Crippen LogP contribution is 2.14. The maximum absolute atomic E-state index is 10.4. The van der Waals surface area contributed by atoms with E-state index in [0.29, 0.717) is 6.61 Å². The van der Waals surface area contributed by atoms with Gasteiger partial charge >= 0.3 is 0 Å². The predicted octanol–water partition coefficient (Wildman–Crippen LogP) is 1.26. The molecule has 0 fully saturated rings. The molecule has 0 rings (SSSR count). The van der Waals surface area contributed by atoms with Gasteiger partial charge in [-0.15, -0.1) is 26.3 Å². The molecule has 0 aliphatic rings. The fourth-order valence-electron chi connectivity index (χ4n) is 1.89. The molecule has 0 aromatic heterocycles. The Labute approximate surface area is 144 Å². The third-order valence-corrected chi connectivity index (χ3v) is 2.97. The summed E-state index contributed by atoms with van der Waals surface area (Å²) in [6.45, 7) is 15.5. The van der Waals surface area contributed by atoms with E-state index < -0.39 is 24.4 Å². The van der Waals surface area contributed by atoms with Crippen LogP contribution in [0.3, 0.4) is 0 Å². The van der Waals surface area contributed by atoms with Crippen molar-refractivity contribution in [2.75, 3.05) is 39.6 Å². The maximum atomic E-state index is 10.4. The van der Waals surface area contributed by atoms with Crippen molar-refractivity contribution in [3.05, 3.63) is 50.6 Å². The van der Waals surface area contributed by atoms with Gasteiger partial charge in [-0.25, -0.2) is 0 Å². The van der Waals surface area contributed by atoms with E-state index in [1.807, 2.05) is 0 Å². The molecule has 24 heavy (non-hydrogen) atoms. The second-order valence-electron chi connectivity index (χ2n) is 4.96. The van der Waals surface area contributed by atoms with Gasteiger partial charge in [0, 0.05) is 0 Å². The summed E-state index contributed by atoms with van der Waals surface area (Å²) in [7, 11) is 0. The van der Waals surface area contributed by atoms with Crippen molar-refractivity contribution in [1.29, 1.82) is 0 Å². The quantitative estimate of drug-likeness (QED) is 0.306. The van der Waals surface area contributed by atoms with Gasteiger partial charge in [-0.3, -0.25) is 0 Å². The van der Waals surface area contributed by atoms with E-state index in [1.165, 1.54) is 0 Å². The Kier molecular flexibility index (Phi) is 14.4. The van der Waals surface area contributed by atoms with Gasteiger partial charge in [0.2, 0.25) is 0 Å². The first-order valence-electron chi connectivity index (χ1n) is 7.80. The molecule has 0 saturated carbocycles. The van der Waals surface area contributed by atoms with Crippen molar-refractivity contribution in [3.8, 4) is 0 Å². The van der Waals surface area contributed by atoms with Crippen molar-refractivity contribution in [2.24, 2.45) is 0 Å². The Morgan fingerprint density at radius 1 is 0.708 bits per heavy atom. The Morgan fingerprint density at radius 2 is 1.21 bits per heavy atom. The Morgan fingerprint density at radius 3 is 1.75 bits per heavy atom. The molecule has 0 aliphatic heterocycles. The first-order chi connectivity index (χ1) is 11.6. The minimum absolute atomic E-state index is 0.0527. The van der Waals surface area contributed by atoms with Gasteiger partial charge in [0.05, 0.1) is 39.6 Å². The first-order valence-corrected chi connectivity index (χ1v) is 7.80. The molecule has 0 spiro atoms. The van der Waals surface area contributed by atoms with Crippen molar-refractivity contribution in [3.63, 3.8) is 0 Å². The molecule has 0 aliphatic carbocycles. The SMILES string of the molecule is C=CCOCC(O)C(O)C(OCC=C)C(COCC=C)OCC=C. The lowest BCUT2D eigenvalue weighted by Gasteiger charge is -2.32. The van der Waals surface area contributed by atoms with Crippen LogP contribution >= 0.6 is 0 Å². The zero-order valence-corrected chi connectivity index (χ0v) is 14.2. The van der Waals surface area contributed by atoms with Crippen molar-refractivity contribution in [1.82, 2.24) is 0 Å². The number of hydrogen-bond donors (Lipinski definition) is 2. The van der Waals surface area contributed by atoms with Crippen LogP contribution in [-0.2, 0) is 18.9 Å². The van der Waals surface area contributed by atoms with Gasteiger partial charge in [0.25, 0.3) is 0 Å². The zero-order chi connectivity index (χ0) is 18.2. The Bertz CT molecular complexity index is 357. The average molecular weight is 342 g/mol. The number of rotatable bonds is 17. The number of aliphatic hydroxyl groups excluding tert-OH is 2. The second-order valence-corrected chi connectivity index (χ2v) is 4.96. The average Bonchev–Trinajstić information content (AvgIpc) is 2.59. The van der Waals surface area contributed by atoms with Gasteiger partial charge in [-0.05, 0) is 0 Å². The Balaban J connectivity index is 4.93. The van der Waals surface area contributed by atoms with Crippen LogP contribution in [0.4, 0.5) is 0 Å². The van der Waals surface area contributed by atoms with E-state index in [4.69, 9.17) is 18.9 Å². The molecule has 4 unspecified atom stereocenters. The molecule has 0 bridgehead atoms. The monoisotopic (exact) mass is 342 g/mol. The third kappa shape index (κ3) is 9.77. The van der Waals surface area contributed by atoms with Gasteiger partial charge < -0.3 is 29.2 Å². The number of ether oxygens (including phenoxy) is 4. The largest absolute Gasteiger partial charge is 0.388 e. The summed E-state index contributed by atoms with van der Waals surface area (Å²) in [5.41, 5.74) is 0. The molecule has 0 aromatic carbocycles. The van der Waals surface area contributed by atoms with Crippen LogP contribution in [0.15, 0.2) is 50.6 Å². The zero-order valence-electron chi connectivity index (χ0n) is 14.2. The molecular formula is C18H30O6. The molecule has 2 N–H and O–H groups in total. The number of aliphatic hydroxyl groups is 2. The van der Waals surface area contributed by atoms with Gasteiger partial charge in [0.15, 0.2) is 0 Å². The van der Waals surface area contributed by atoms with E-state index in [1.54, 1.807) is 24.3 Å². The van der Waals surface area contributed by atoms with E-state index in [9.17, 15) is 10.2 Å². The minimum atomic E-state index is -1.23. The second kappa shape index (κ2) is 15.3. The first kappa shape index (κ1) is 22.7. The van der Waals surface area contributed by atoms with Crippen LogP contribution in [0.25, 0.3) is 0 Å². The summed E-state index contributed by atoms with van der Waals surface area (Å²) in [4.78, 5) is 0. The highest BCUT2D eigenvalue weighted by Gasteiger charge is 2.34. The third-order valence-electron chi connectivity index (χ3n) is 2.97. The molecule has 6 nitrogen and oxygen atoms in total. The van der Waals surface area contributed by atoms with Crippen molar-refractivity contribution < 1.29 is 29.2 Å². The van der Waals surface area contributed by atoms with Crippen LogP contribution < -0.4 is 0 Å². The molecule has 0 saturated heterocycles. The maximum Gasteiger partial charge on any atom is 0.115 e. The normalized spacial score (nSPS) is 15.9. The van der Waals surface area contributed by atoms with Crippen LogP contribution in [0.2, 0.25) is 0 Å². The smallest absolute Gasteiger partial charge is 0.115 e. The van der Waals surface area contributed by atoms with Gasteiger partial charge in [-0.2, -0.15) is 0 Å². The molecule has 4 atom stereocenters. The Hall–Kier alpha value is -1.28. The fourth-order valence-corrected chi connectivity index (χ4v) is 1.89. The molecule has 6 heteroatoms. The molecule has 0 amide bonds. The summed E-state index contributed by atoms with van der Waals surface area (Å²) in [5.74, 6) is 0. The molecule has 0 aromatic rings. The summed E-state index contributed by atoms with van der Waals surface area (Å²) in [6.07, 6.45) is 2.51. The lowest BCUT2D eigenvalue weighted by Crippen LogP contribution is -2.50. The summed E-state index contributed by atoms with van der Waals surface area (Å²) in [6, 6.07) is 0. The van der Waals surface area contributed by atoms with E-state index >= 15 is 0 Å². The highest BCUT2D eigenvalue weighted by molar-refractivity contribution is 4.86. The molecule has 138 valence electrons. The van der Waals surface area contributed by atoms with Crippen LogP contribution in [0.1, 0.15) is 0 Å². The summed E-state index contributed by atoms with van der Waals surface area (Å²) < 4.78 is 21.8. The van der Waals surface area contributed by atoms with Crippen molar-refractivity contribution in [2.45, 2.75) is 24.4 Å². The highest BCUT2D eigenvalue weighted by atomic mass is 16.6. The fraction of sp³-hybridized carbons (Fsp3) is 0.556. The summed E-state index contributed by atoms with van der Waals surface area (Å²) >= 11 is 0.